The maximum Gasteiger partial charge on any atom is 0.301 e. The second-order valence-corrected chi connectivity index (χ2v) is 6.26. The van der Waals surface area contributed by atoms with Gasteiger partial charge < -0.3 is 4.42 Å². The monoisotopic (exact) mass is 420 g/mol. The van der Waals surface area contributed by atoms with E-state index in [1.165, 1.54) is 12.3 Å². The van der Waals surface area contributed by atoms with Crippen molar-refractivity contribution in [3.8, 4) is 11.3 Å². The summed E-state index contributed by atoms with van der Waals surface area (Å²) in [6.45, 7) is 0. The Morgan fingerprint density at radius 3 is 2.50 bits per heavy atom. The average molecular weight is 421 g/mol. The van der Waals surface area contributed by atoms with Crippen molar-refractivity contribution in [1.29, 1.82) is 0 Å². The molecule has 0 atom stereocenters. The van der Waals surface area contributed by atoms with Crippen LogP contribution in [0.2, 0.25) is 10.0 Å². The summed E-state index contributed by atoms with van der Waals surface area (Å²) in [5, 5.41) is 26.7. The molecule has 1 heterocycles. The second kappa shape index (κ2) is 8.07. The fourth-order valence-electron chi connectivity index (χ4n) is 2.30. The Bertz CT molecular complexity index is 1100. The highest BCUT2D eigenvalue weighted by Crippen LogP contribution is 2.32. The fourth-order valence-corrected chi connectivity index (χ4v) is 2.68. The first kappa shape index (κ1) is 19.3. The van der Waals surface area contributed by atoms with Gasteiger partial charge in [0.2, 0.25) is 0 Å². The summed E-state index contributed by atoms with van der Waals surface area (Å²) in [5.74, 6) is 0.818. The number of nitro groups is 2. The molecule has 11 heteroatoms. The molecule has 0 spiro atoms. The van der Waals surface area contributed by atoms with Crippen LogP contribution in [0.15, 0.2) is 58.0 Å². The highest BCUT2D eigenvalue weighted by molar-refractivity contribution is 6.35. The number of benzene rings is 2. The normalized spacial score (nSPS) is 10.9. The van der Waals surface area contributed by atoms with Gasteiger partial charge in [0.25, 0.3) is 5.69 Å². The van der Waals surface area contributed by atoms with Gasteiger partial charge in [-0.15, -0.1) is 0 Å². The van der Waals surface area contributed by atoms with E-state index >= 15 is 0 Å². The van der Waals surface area contributed by atoms with Crippen molar-refractivity contribution < 1.29 is 14.3 Å². The van der Waals surface area contributed by atoms with Crippen molar-refractivity contribution in [3.05, 3.63) is 84.6 Å². The predicted molar refractivity (Wildman–Crippen MR) is 105 cm³/mol. The summed E-state index contributed by atoms with van der Waals surface area (Å²) in [6, 6.07) is 11.4. The Balaban J connectivity index is 1.79. The highest BCUT2D eigenvalue weighted by Gasteiger charge is 2.19. The molecule has 0 aliphatic carbocycles. The molecule has 142 valence electrons. The number of hydrazone groups is 1. The molecular weight excluding hydrogens is 411 g/mol. The summed E-state index contributed by atoms with van der Waals surface area (Å²) < 4.78 is 5.62. The summed E-state index contributed by atoms with van der Waals surface area (Å²) in [6.07, 6.45) is 1.30. The maximum atomic E-state index is 11.1. The van der Waals surface area contributed by atoms with Gasteiger partial charge in [-0.1, -0.05) is 23.2 Å². The number of non-ortho nitro benzene ring substituents is 1. The van der Waals surface area contributed by atoms with Gasteiger partial charge in [0.1, 0.15) is 17.2 Å². The lowest BCUT2D eigenvalue weighted by molar-refractivity contribution is -0.393. The maximum absolute atomic E-state index is 11.1. The minimum atomic E-state index is -0.739. The van der Waals surface area contributed by atoms with Crippen LogP contribution in [0.1, 0.15) is 5.76 Å². The Kier molecular flexibility index (Phi) is 5.57. The van der Waals surface area contributed by atoms with E-state index in [0.717, 1.165) is 12.1 Å². The van der Waals surface area contributed by atoms with Gasteiger partial charge in [0.15, 0.2) is 0 Å². The van der Waals surface area contributed by atoms with Gasteiger partial charge in [-0.25, -0.2) is 0 Å². The molecule has 0 aliphatic heterocycles. The number of nitrogens with zero attached hydrogens (tertiary/aromatic N) is 3. The lowest BCUT2D eigenvalue weighted by Crippen LogP contribution is -1.98. The van der Waals surface area contributed by atoms with Gasteiger partial charge in [0.05, 0.1) is 27.2 Å². The first-order chi connectivity index (χ1) is 13.3. The molecule has 0 bridgehead atoms. The molecule has 1 N–H and O–H groups in total. The standard InChI is InChI=1S/C17H10Cl2N4O5/c18-10-1-4-14(19)13(7-10)17-6-3-12(28-17)9-20-21-15-5-2-11(22(24)25)8-16(15)23(26)27/h1-9,21H/b20-9-. The lowest BCUT2D eigenvalue weighted by Gasteiger charge is -2.02. The quantitative estimate of drug-likeness (QED) is 0.318. The number of nitro benzene ring substituents is 2. The molecule has 1 aromatic heterocycles. The van der Waals surface area contributed by atoms with Gasteiger partial charge in [-0.2, -0.15) is 5.10 Å². The molecule has 0 unspecified atom stereocenters. The van der Waals surface area contributed by atoms with Gasteiger partial charge in [-0.3, -0.25) is 25.7 Å². The van der Waals surface area contributed by atoms with Gasteiger partial charge in [-0.05, 0) is 36.4 Å². The Morgan fingerprint density at radius 1 is 1.00 bits per heavy atom. The van der Waals surface area contributed by atoms with E-state index in [1.807, 2.05) is 0 Å². The topological polar surface area (TPSA) is 124 Å². The van der Waals surface area contributed by atoms with Crippen LogP contribution in [0, 0.1) is 20.2 Å². The van der Waals surface area contributed by atoms with Crippen molar-refractivity contribution >= 4 is 46.5 Å². The van der Waals surface area contributed by atoms with Crippen LogP contribution < -0.4 is 5.43 Å². The molecule has 0 fully saturated rings. The number of hydrogen-bond donors (Lipinski definition) is 1. The smallest absolute Gasteiger partial charge is 0.301 e. The van der Waals surface area contributed by atoms with Crippen LogP contribution in [0.25, 0.3) is 11.3 Å². The molecule has 0 saturated carbocycles. The molecule has 3 rings (SSSR count). The van der Waals surface area contributed by atoms with Crippen LogP contribution >= 0.6 is 23.2 Å². The zero-order chi connectivity index (χ0) is 20.3. The molecule has 0 aliphatic rings. The van der Waals surface area contributed by atoms with Crippen LogP contribution in [-0.2, 0) is 0 Å². The van der Waals surface area contributed by atoms with Crippen molar-refractivity contribution in [1.82, 2.24) is 0 Å². The van der Waals surface area contributed by atoms with Crippen LogP contribution in [-0.4, -0.2) is 16.1 Å². The third-order valence-corrected chi connectivity index (χ3v) is 4.15. The molecule has 0 amide bonds. The number of rotatable bonds is 6. The molecule has 0 saturated heterocycles. The Morgan fingerprint density at radius 2 is 1.79 bits per heavy atom. The molecule has 0 radical (unpaired) electrons. The summed E-state index contributed by atoms with van der Waals surface area (Å²) in [4.78, 5) is 20.4. The number of halogens is 2. The van der Waals surface area contributed by atoms with Crippen molar-refractivity contribution in [2.45, 2.75) is 0 Å². The number of hydrogen-bond acceptors (Lipinski definition) is 7. The molecule has 9 nitrogen and oxygen atoms in total. The number of anilines is 1. The van der Waals surface area contributed by atoms with E-state index in [0.29, 0.717) is 27.1 Å². The zero-order valence-electron chi connectivity index (χ0n) is 13.8. The van der Waals surface area contributed by atoms with E-state index in [-0.39, 0.29) is 5.69 Å². The van der Waals surface area contributed by atoms with Crippen molar-refractivity contribution in [2.75, 3.05) is 5.43 Å². The minimum Gasteiger partial charge on any atom is -0.455 e. The summed E-state index contributed by atoms with van der Waals surface area (Å²) >= 11 is 12.1. The van der Waals surface area contributed by atoms with Crippen LogP contribution in [0.3, 0.4) is 0 Å². The highest BCUT2D eigenvalue weighted by atomic mass is 35.5. The van der Waals surface area contributed by atoms with Gasteiger partial charge in [0, 0.05) is 16.7 Å². The predicted octanol–water partition coefficient (Wildman–Crippen LogP) is 5.52. The van der Waals surface area contributed by atoms with Crippen molar-refractivity contribution in [2.24, 2.45) is 5.10 Å². The lowest BCUT2D eigenvalue weighted by atomic mass is 10.2. The van der Waals surface area contributed by atoms with E-state index < -0.39 is 21.2 Å². The van der Waals surface area contributed by atoms with E-state index in [1.54, 1.807) is 30.3 Å². The minimum absolute atomic E-state index is 0.00323. The third kappa shape index (κ3) is 4.27. The number of furan rings is 1. The van der Waals surface area contributed by atoms with Crippen LogP contribution in [0.5, 0.6) is 0 Å². The third-order valence-electron chi connectivity index (χ3n) is 3.59. The molecular formula is C17H10Cl2N4O5. The van der Waals surface area contributed by atoms with E-state index in [4.69, 9.17) is 27.6 Å². The van der Waals surface area contributed by atoms with E-state index in [2.05, 4.69) is 10.5 Å². The van der Waals surface area contributed by atoms with Gasteiger partial charge >= 0.3 is 5.69 Å². The Hall–Kier alpha value is -3.43. The molecule has 3 aromatic rings. The second-order valence-electron chi connectivity index (χ2n) is 5.41. The number of nitrogens with one attached hydrogen (secondary N) is 1. The Labute approximate surface area is 167 Å². The first-order valence-corrected chi connectivity index (χ1v) is 8.38. The zero-order valence-corrected chi connectivity index (χ0v) is 15.3. The summed E-state index contributed by atoms with van der Waals surface area (Å²) in [5.41, 5.74) is 2.21. The van der Waals surface area contributed by atoms with E-state index in [9.17, 15) is 20.2 Å². The molecule has 28 heavy (non-hydrogen) atoms. The largest absolute Gasteiger partial charge is 0.455 e. The SMILES string of the molecule is O=[N+]([O-])c1ccc(N/N=C\c2ccc(-c3cc(Cl)ccc3Cl)o2)c([N+](=O)[O-])c1. The molecule has 2 aromatic carbocycles. The van der Waals surface area contributed by atoms with Crippen LogP contribution in [0.4, 0.5) is 17.1 Å². The summed E-state index contributed by atoms with van der Waals surface area (Å²) in [7, 11) is 0. The average Bonchev–Trinajstić information content (AvgIpc) is 3.12. The fraction of sp³-hybridized carbons (Fsp3) is 0. The van der Waals surface area contributed by atoms with Crippen molar-refractivity contribution in [3.63, 3.8) is 0 Å². The first-order valence-electron chi connectivity index (χ1n) is 7.62.